The van der Waals surface area contributed by atoms with Gasteiger partial charge in [0.25, 0.3) is 0 Å². The molecule has 0 fully saturated rings. The summed E-state index contributed by atoms with van der Waals surface area (Å²) >= 11 is 0. The van der Waals surface area contributed by atoms with E-state index in [9.17, 15) is 14.7 Å². The molecule has 4 heteroatoms. The van der Waals surface area contributed by atoms with Crippen molar-refractivity contribution in [3.8, 4) is 0 Å². The van der Waals surface area contributed by atoms with Crippen molar-refractivity contribution in [2.45, 2.75) is 116 Å². The van der Waals surface area contributed by atoms with Crippen LogP contribution < -0.4 is 0 Å². The maximum Gasteiger partial charge on any atom is 0.303 e. The summed E-state index contributed by atoms with van der Waals surface area (Å²) < 4.78 is 0. The van der Waals surface area contributed by atoms with E-state index in [0.717, 1.165) is 12.8 Å². The average molecular weight is 343 g/mol. The number of aliphatic hydroxyl groups is 1. The van der Waals surface area contributed by atoms with Crippen LogP contribution >= 0.6 is 0 Å². The zero-order valence-corrected chi connectivity index (χ0v) is 15.6. The fraction of sp³-hybridized carbons (Fsp3) is 0.900. The molecule has 0 aliphatic rings. The van der Waals surface area contributed by atoms with E-state index in [0.29, 0.717) is 6.42 Å². The molecule has 1 atom stereocenters. The van der Waals surface area contributed by atoms with E-state index in [1.807, 2.05) is 0 Å². The van der Waals surface area contributed by atoms with Crippen molar-refractivity contribution in [3.05, 3.63) is 0 Å². The Hall–Kier alpha value is -0.900. The van der Waals surface area contributed by atoms with Gasteiger partial charge in [0.1, 0.15) is 5.78 Å². The minimum Gasteiger partial charge on any atom is -0.481 e. The zero-order valence-electron chi connectivity index (χ0n) is 15.6. The van der Waals surface area contributed by atoms with Crippen molar-refractivity contribution < 1.29 is 19.8 Å². The van der Waals surface area contributed by atoms with Crippen molar-refractivity contribution in [1.29, 1.82) is 0 Å². The lowest BCUT2D eigenvalue weighted by molar-refractivity contribution is -0.138. The molecule has 0 rings (SSSR count). The Balaban J connectivity index is 3.28. The monoisotopic (exact) mass is 342 g/mol. The van der Waals surface area contributed by atoms with Gasteiger partial charge in [0, 0.05) is 12.8 Å². The Labute approximate surface area is 148 Å². The number of Topliss-reactive ketones (excluding diaryl/α,β-unsaturated/α-hetero) is 1. The van der Waals surface area contributed by atoms with Gasteiger partial charge in [-0.3, -0.25) is 9.59 Å². The fourth-order valence-electron chi connectivity index (χ4n) is 2.93. The van der Waals surface area contributed by atoms with Crippen molar-refractivity contribution >= 4 is 11.8 Å². The third-order valence-corrected chi connectivity index (χ3v) is 4.47. The topological polar surface area (TPSA) is 74.6 Å². The van der Waals surface area contributed by atoms with E-state index in [4.69, 9.17) is 5.11 Å². The molecular formula is C20H38O4. The first-order valence-electron chi connectivity index (χ1n) is 9.97. The number of aliphatic hydroxyl groups excluding tert-OH is 1. The third kappa shape index (κ3) is 17.5. The van der Waals surface area contributed by atoms with Crippen LogP contribution in [-0.4, -0.2) is 28.1 Å². The van der Waals surface area contributed by atoms with Gasteiger partial charge in [-0.1, -0.05) is 84.0 Å². The Bertz CT molecular complexity index is 315. The molecule has 0 amide bonds. The standard InChI is InChI=1S/C20H38O4/c1-2-3-4-5-6-7-8-9-10-11-12-13-14-18(21)17-19(22)15-16-20(23)24/h18,21H,2-17H2,1H3,(H,23,24). The van der Waals surface area contributed by atoms with Crippen molar-refractivity contribution in [1.82, 2.24) is 0 Å². The van der Waals surface area contributed by atoms with E-state index < -0.39 is 12.1 Å². The molecule has 0 aliphatic carbocycles. The second-order valence-corrected chi connectivity index (χ2v) is 6.97. The van der Waals surface area contributed by atoms with E-state index in [1.54, 1.807) is 0 Å². The molecule has 142 valence electrons. The number of hydrogen-bond donors (Lipinski definition) is 2. The molecule has 0 spiro atoms. The number of rotatable bonds is 18. The van der Waals surface area contributed by atoms with Crippen LogP contribution in [0.2, 0.25) is 0 Å². The number of ketones is 1. The molecule has 24 heavy (non-hydrogen) atoms. The first-order valence-corrected chi connectivity index (χ1v) is 9.97. The summed E-state index contributed by atoms with van der Waals surface area (Å²) in [6.45, 7) is 2.25. The minimum atomic E-state index is -0.959. The predicted octanol–water partition coefficient (Wildman–Crippen LogP) is 5.26. The highest BCUT2D eigenvalue weighted by atomic mass is 16.4. The summed E-state index contributed by atoms with van der Waals surface area (Å²) in [5, 5.41) is 18.3. The van der Waals surface area contributed by atoms with Crippen LogP contribution in [0, 0.1) is 0 Å². The highest BCUT2D eigenvalue weighted by molar-refractivity contribution is 5.82. The molecule has 0 heterocycles. The molecule has 0 aromatic carbocycles. The number of carboxylic acids is 1. The van der Waals surface area contributed by atoms with Gasteiger partial charge in [-0.05, 0) is 6.42 Å². The third-order valence-electron chi connectivity index (χ3n) is 4.47. The molecule has 0 saturated heterocycles. The van der Waals surface area contributed by atoms with Gasteiger partial charge in [-0.2, -0.15) is 0 Å². The normalized spacial score (nSPS) is 12.2. The number of hydrogen-bond acceptors (Lipinski definition) is 3. The average Bonchev–Trinajstić information content (AvgIpc) is 2.54. The summed E-state index contributed by atoms with van der Waals surface area (Å²) in [4.78, 5) is 21.8. The first kappa shape index (κ1) is 23.1. The molecule has 0 aliphatic heterocycles. The summed E-state index contributed by atoms with van der Waals surface area (Å²) in [5.41, 5.74) is 0. The lowest BCUT2D eigenvalue weighted by Gasteiger charge is -2.09. The lowest BCUT2D eigenvalue weighted by atomic mass is 10.0. The molecule has 4 nitrogen and oxygen atoms in total. The molecule has 1 unspecified atom stereocenters. The van der Waals surface area contributed by atoms with E-state index in [1.165, 1.54) is 64.2 Å². The fourth-order valence-corrected chi connectivity index (χ4v) is 2.93. The Morgan fingerprint density at radius 2 is 1.21 bits per heavy atom. The van der Waals surface area contributed by atoms with Crippen LogP contribution in [0.4, 0.5) is 0 Å². The smallest absolute Gasteiger partial charge is 0.303 e. The number of aliphatic carboxylic acids is 1. The largest absolute Gasteiger partial charge is 0.481 e. The number of carboxylic acid groups (broad SMARTS) is 1. The van der Waals surface area contributed by atoms with Crippen LogP contribution in [0.15, 0.2) is 0 Å². The maximum atomic E-state index is 11.5. The van der Waals surface area contributed by atoms with Gasteiger partial charge >= 0.3 is 5.97 Å². The van der Waals surface area contributed by atoms with Gasteiger partial charge in [-0.15, -0.1) is 0 Å². The number of carbonyl (C=O) groups excluding carboxylic acids is 1. The minimum absolute atomic E-state index is 0.0326. The van der Waals surface area contributed by atoms with E-state index in [2.05, 4.69) is 6.92 Å². The van der Waals surface area contributed by atoms with Crippen molar-refractivity contribution in [2.75, 3.05) is 0 Å². The lowest BCUT2D eigenvalue weighted by Crippen LogP contribution is -2.14. The van der Waals surface area contributed by atoms with Gasteiger partial charge in [0.15, 0.2) is 0 Å². The second kappa shape index (κ2) is 16.9. The number of carbonyl (C=O) groups is 2. The summed E-state index contributed by atoms with van der Waals surface area (Å²) in [6.07, 6.45) is 15.4. The quantitative estimate of drug-likeness (QED) is 0.333. The number of unbranched alkanes of at least 4 members (excludes halogenated alkanes) is 11. The summed E-state index contributed by atoms with van der Waals surface area (Å²) in [5.74, 6) is -1.11. The van der Waals surface area contributed by atoms with Gasteiger partial charge in [0.05, 0.1) is 12.5 Å². The van der Waals surface area contributed by atoms with E-state index >= 15 is 0 Å². The molecule has 0 bridgehead atoms. The van der Waals surface area contributed by atoms with Crippen molar-refractivity contribution in [3.63, 3.8) is 0 Å². The van der Waals surface area contributed by atoms with Crippen molar-refractivity contribution in [2.24, 2.45) is 0 Å². The zero-order chi connectivity index (χ0) is 18.0. The van der Waals surface area contributed by atoms with Crippen LogP contribution in [0.1, 0.15) is 110 Å². The van der Waals surface area contributed by atoms with Crippen LogP contribution in [0.25, 0.3) is 0 Å². The Morgan fingerprint density at radius 3 is 1.67 bits per heavy atom. The molecule has 2 N–H and O–H groups in total. The molecule has 0 saturated carbocycles. The Kier molecular flexibility index (Phi) is 16.3. The summed E-state index contributed by atoms with van der Waals surface area (Å²) in [6, 6.07) is 0. The molecule has 0 aromatic heterocycles. The predicted molar refractivity (Wildman–Crippen MR) is 98.2 cm³/mol. The van der Waals surface area contributed by atoms with Crippen LogP contribution in [-0.2, 0) is 9.59 Å². The molecular weight excluding hydrogens is 304 g/mol. The van der Waals surface area contributed by atoms with Gasteiger partial charge in [-0.25, -0.2) is 0 Å². The highest BCUT2D eigenvalue weighted by Crippen LogP contribution is 2.14. The summed E-state index contributed by atoms with van der Waals surface area (Å²) in [7, 11) is 0. The second-order valence-electron chi connectivity index (χ2n) is 6.97. The highest BCUT2D eigenvalue weighted by Gasteiger charge is 2.11. The molecule has 0 aromatic rings. The van der Waals surface area contributed by atoms with Crippen LogP contribution in [0.5, 0.6) is 0 Å². The van der Waals surface area contributed by atoms with Gasteiger partial charge < -0.3 is 10.2 Å². The molecule has 0 radical (unpaired) electrons. The van der Waals surface area contributed by atoms with Gasteiger partial charge in [0.2, 0.25) is 0 Å². The maximum absolute atomic E-state index is 11.5. The SMILES string of the molecule is CCCCCCCCCCCCCCC(O)CC(=O)CCC(=O)O. The van der Waals surface area contributed by atoms with E-state index in [-0.39, 0.29) is 25.0 Å². The van der Waals surface area contributed by atoms with Crippen LogP contribution in [0.3, 0.4) is 0 Å². The first-order chi connectivity index (χ1) is 11.6. The Morgan fingerprint density at radius 1 is 0.750 bits per heavy atom.